The van der Waals surface area contributed by atoms with E-state index < -0.39 is 5.54 Å². The van der Waals surface area contributed by atoms with Gasteiger partial charge in [-0.1, -0.05) is 26.2 Å². The largest absolute Gasteiger partial charge is 0.368 e. The van der Waals surface area contributed by atoms with E-state index in [2.05, 4.69) is 5.32 Å². The van der Waals surface area contributed by atoms with Crippen LogP contribution in [0.25, 0.3) is 0 Å². The number of likely N-dealkylation sites (N-methyl/N-ethyl adjacent to an activating group) is 1. The molecule has 16 heavy (non-hydrogen) atoms. The molecule has 1 saturated carbocycles. The van der Waals surface area contributed by atoms with Crippen LogP contribution in [-0.4, -0.2) is 29.0 Å². The molecule has 1 aliphatic rings. The summed E-state index contributed by atoms with van der Waals surface area (Å²) in [6.45, 7) is 4.70. The Hall–Kier alpha value is -0.220. The molecule has 0 radical (unpaired) electrons. The number of hydrogen-bond donors (Lipinski definition) is 2. The Kier molecular flexibility index (Phi) is 5.62. The second-order valence-electron chi connectivity index (χ2n) is 4.80. The zero-order valence-electron chi connectivity index (χ0n) is 10.4. The van der Waals surface area contributed by atoms with Gasteiger partial charge in [0.15, 0.2) is 0 Å². The van der Waals surface area contributed by atoms with E-state index >= 15 is 0 Å². The predicted octanol–water partition coefficient (Wildman–Crippen LogP) is 1.91. The summed E-state index contributed by atoms with van der Waals surface area (Å²) in [5.74, 6) is 0.554. The SMILES string of the molecule is CCNC(C)(CSC1CCCCC1)C(N)=O. The highest BCUT2D eigenvalue weighted by atomic mass is 32.2. The van der Waals surface area contributed by atoms with Crippen molar-refractivity contribution in [3.63, 3.8) is 0 Å². The first-order valence-electron chi connectivity index (χ1n) is 6.25. The number of amides is 1. The Morgan fingerprint density at radius 2 is 2.06 bits per heavy atom. The molecule has 94 valence electrons. The average Bonchev–Trinajstić information content (AvgIpc) is 2.28. The molecule has 0 heterocycles. The van der Waals surface area contributed by atoms with E-state index in [0.717, 1.165) is 17.5 Å². The van der Waals surface area contributed by atoms with E-state index in [-0.39, 0.29) is 5.91 Å². The summed E-state index contributed by atoms with van der Waals surface area (Å²) in [7, 11) is 0. The van der Waals surface area contributed by atoms with Gasteiger partial charge >= 0.3 is 0 Å². The summed E-state index contributed by atoms with van der Waals surface area (Å²) in [4.78, 5) is 11.4. The predicted molar refractivity (Wildman–Crippen MR) is 70.6 cm³/mol. The van der Waals surface area contributed by atoms with Crippen LogP contribution in [0.3, 0.4) is 0 Å². The topological polar surface area (TPSA) is 55.1 Å². The molecule has 0 bridgehead atoms. The van der Waals surface area contributed by atoms with Crippen LogP contribution in [0.4, 0.5) is 0 Å². The fraction of sp³-hybridized carbons (Fsp3) is 0.917. The number of hydrogen-bond acceptors (Lipinski definition) is 3. The van der Waals surface area contributed by atoms with Crippen molar-refractivity contribution in [2.75, 3.05) is 12.3 Å². The molecule has 1 fully saturated rings. The molecular weight excluding hydrogens is 220 g/mol. The van der Waals surface area contributed by atoms with Crippen molar-refractivity contribution in [2.45, 2.75) is 56.7 Å². The smallest absolute Gasteiger partial charge is 0.238 e. The van der Waals surface area contributed by atoms with Gasteiger partial charge in [0, 0.05) is 11.0 Å². The number of carbonyl (C=O) groups is 1. The van der Waals surface area contributed by atoms with Crippen LogP contribution in [0.5, 0.6) is 0 Å². The third-order valence-corrected chi connectivity index (χ3v) is 4.96. The highest BCUT2D eigenvalue weighted by molar-refractivity contribution is 8.00. The van der Waals surface area contributed by atoms with Crippen LogP contribution in [0, 0.1) is 0 Å². The van der Waals surface area contributed by atoms with Crippen LogP contribution < -0.4 is 11.1 Å². The van der Waals surface area contributed by atoms with Crippen LogP contribution in [0.1, 0.15) is 46.0 Å². The maximum Gasteiger partial charge on any atom is 0.238 e. The van der Waals surface area contributed by atoms with Crippen molar-refractivity contribution in [3.8, 4) is 0 Å². The minimum Gasteiger partial charge on any atom is -0.368 e. The van der Waals surface area contributed by atoms with Crippen LogP contribution in [-0.2, 0) is 4.79 Å². The fourth-order valence-electron chi connectivity index (χ4n) is 2.12. The van der Waals surface area contributed by atoms with Gasteiger partial charge in [0.05, 0.1) is 0 Å². The number of nitrogens with two attached hydrogens (primary N) is 1. The molecule has 0 saturated heterocycles. The van der Waals surface area contributed by atoms with Crippen molar-refractivity contribution in [2.24, 2.45) is 5.73 Å². The number of primary amides is 1. The summed E-state index contributed by atoms with van der Waals surface area (Å²) >= 11 is 1.91. The molecule has 4 heteroatoms. The lowest BCUT2D eigenvalue weighted by Crippen LogP contribution is -2.55. The highest BCUT2D eigenvalue weighted by Gasteiger charge is 2.31. The Bertz CT molecular complexity index is 229. The lowest BCUT2D eigenvalue weighted by molar-refractivity contribution is -0.122. The van der Waals surface area contributed by atoms with Gasteiger partial charge in [0.2, 0.25) is 5.91 Å². The van der Waals surface area contributed by atoms with Gasteiger partial charge < -0.3 is 11.1 Å². The first-order valence-corrected chi connectivity index (χ1v) is 7.30. The molecule has 3 nitrogen and oxygen atoms in total. The average molecular weight is 244 g/mol. The molecule has 1 atom stereocenters. The summed E-state index contributed by atoms with van der Waals surface area (Å²) in [5, 5.41) is 3.93. The summed E-state index contributed by atoms with van der Waals surface area (Å²) in [5.41, 5.74) is 4.91. The van der Waals surface area contributed by atoms with Crippen molar-refractivity contribution in [1.29, 1.82) is 0 Å². The zero-order valence-corrected chi connectivity index (χ0v) is 11.2. The molecule has 0 aliphatic heterocycles. The third-order valence-electron chi connectivity index (χ3n) is 3.27. The molecular formula is C12H24N2OS. The molecule has 1 aliphatic carbocycles. The van der Waals surface area contributed by atoms with Gasteiger partial charge in [0.1, 0.15) is 5.54 Å². The van der Waals surface area contributed by atoms with Gasteiger partial charge in [-0.3, -0.25) is 4.79 Å². The summed E-state index contributed by atoms with van der Waals surface area (Å²) in [6.07, 6.45) is 6.65. The second-order valence-corrected chi connectivity index (χ2v) is 6.09. The minimum atomic E-state index is -0.545. The first-order chi connectivity index (χ1) is 7.58. The summed E-state index contributed by atoms with van der Waals surface area (Å²) in [6, 6.07) is 0. The molecule has 0 spiro atoms. The van der Waals surface area contributed by atoms with Crippen LogP contribution >= 0.6 is 11.8 Å². The molecule has 1 rings (SSSR count). The Balaban J connectivity index is 2.39. The van der Waals surface area contributed by atoms with Gasteiger partial charge in [-0.15, -0.1) is 0 Å². The van der Waals surface area contributed by atoms with E-state index in [1.807, 2.05) is 25.6 Å². The van der Waals surface area contributed by atoms with Crippen LogP contribution in [0.15, 0.2) is 0 Å². The number of rotatable bonds is 6. The first kappa shape index (κ1) is 13.8. The molecule has 1 amide bonds. The zero-order chi connectivity index (χ0) is 12.0. The van der Waals surface area contributed by atoms with E-state index in [9.17, 15) is 4.79 Å². The molecule has 0 aromatic carbocycles. The Morgan fingerprint density at radius 3 is 2.56 bits per heavy atom. The maximum absolute atomic E-state index is 11.4. The van der Waals surface area contributed by atoms with Crippen molar-refractivity contribution >= 4 is 17.7 Å². The monoisotopic (exact) mass is 244 g/mol. The van der Waals surface area contributed by atoms with E-state index in [0.29, 0.717) is 0 Å². The highest BCUT2D eigenvalue weighted by Crippen LogP contribution is 2.30. The van der Waals surface area contributed by atoms with E-state index in [1.165, 1.54) is 32.1 Å². The van der Waals surface area contributed by atoms with Gasteiger partial charge in [-0.05, 0) is 26.3 Å². The van der Waals surface area contributed by atoms with Gasteiger partial charge in [-0.25, -0.2) is 0 Å². The van der Waals surface area contributed by atoms with Crippen molar-refractivity contribution in [1.82, 2.24) is 5.32 Å². The molecule has 0 aromatic rings. The molecule has 3 N–H and O–H groups in total. The van der Waals surface area contributed by atoms with Gasteiger partial charge in [-0.2, -0.15) is 11.8 Å². The normalized spacial score (nSPS) is 21.6. The Morgan fingerprint density at radius 1 is 1.44 bits per heavy atom. The van der Waals surface area contributed by atoms with Gasteiger partial charge in [0.25, 0.3) is 0 Å². The summed E-state index contributed by atoms with van der Waals surface area (Å²) < 4.78 is 0. The second kappa shape index (κ2) is 6.50. The molecule has 0 aromatic heterocycles. The Labute approximate surface area is 103 Å². The number of carbonyl (C=O) groups excluding carboxylic acids is 1. The number of thioether (sulfide) groups is 1. The fourth-order valence-corrected chi connectivity index (χ4v) is 3.60. The van der Waals surface area contributed by atoms with Crippen molar-refractivity contribution in [3.05, 3.63) is 0 Å². The van der Waals surface area contributed by atoms with Crippen LogP contribution in [0.2, 0.25) is 0 Å². The number of nitrogens with one attached hydrogen (secondary N) is 1. The lowest BCUT2D eigenvalue weighted by Gasteiger charge is -2.29. The third kappa shape index (κ3) is 3.98. The quantitative estimate of drug-likeness (QED) is 0.750. The van der Waals surface area contributed by atoms with Crippen molar-refractivity contribution < 1.29 is 4.79 Å². The lowest BCUT2D eigenvalue weighted by atomic mass is 10.0. The van der Waals surface area contributed by atoms with E-state index in [4.69, 9.17) is 5.73 Å². The maximum atomic E-state index is 11.4. The molecule has 1 unspecified atom stereocenters. The van der Waals surface area contributed by atoms with E-state index in [1.54, 1.807) is 0 Å². The minimum absolute atomic E-state index is 0.238. The standard InChI is InChI=1S/C12H24N2OS/c1-3-14-12(2,11(13)15)9-16-10-7-5-4-6-8-10/h10,14H,3-9H2,1-2H3,(H2,13,15).